The van der Waals surface area contributed by atoms with E-state index in [-0.39, 0.29) is 0 Å². The van der Waals surface area contributed by atoms with Gasteiger partial charge in [-0.1, -0.05) is 22.9 Å². The largest absolute Gasteiger partial charge is 0.399 e. The zero-order valence-electron chi connectivity index (χ0n) is 10.1. The molecular formula is C12H14BrN5. The molecule has 2 aromatic rings. The Labute approximate surface area is 113 Å². The summed E-state index contributed by atoms with van der Waals surface area (Å²) in [7, 11) is 0. The Hall–Kier alpha value is -1.43. The predicted octanol–water partition coefficient (Wildman–Crippen LogP) is 2.48. The van der Waals surface area contributed by atoms with Crippen LogP contribution in [0, 0.1) is 5.41 Å². The molecule has 1 aliphatic carbocycles. The van der Waals surface area contributed by atoms with Crippen molar-refractivity contribution in [1.82, 2.24) is 20.2 Å². The van der Waals surface area contributed by atoms with E-state index in [9.17, 15) is 0 Å². The van der Waals surface area contributed by atoms with E-state index < -0.39 is 0 Å². The quantitative estimate of drug-likeness (QED) is 0.884. The average Bonchev–Trinajstić information content (AvgIpc) is 2.88. The summed E-state index contributed by atoms with van der Waals surface area (Å²) in [5.41, 5.74) is 7.83. The minimum atomic E-state index is 0.358. The second-order valence-corrected chi connectivity index (χ2v) is 6.06. The maximum atomic E-state index is 5.82. The van der Waals surface area contributed by atoms with Crippen molar-refractivity contribution >= 4 is 21.6 Å². The number of anilines is 1. The van der Waals surface area contributed by atoms with Crippen LogP contribution in [0.3, 0.4) is 0 Å². The van der Waals surface area contributed by atoms with Crippen molar-refractivity contribution in [3.63, 3.8) is 0 Å². The van der Waals surface area contributed by atoms with Gasteiger partial charge in [-0.25, -0.2) is 4.68 Å². The summed E-state index contributed by atoms with van der Waals surface area (Å²) in [5, 5.41) is 12.0. The molecule has 1 saturated carbocycles. The second-order valence-electron chi connectivity index (χ2n) is 5.21. The molecule has 0 unspecified atom stereocenters. The molecule has 3 rings (SSSR count). The van der Waals surface area contributed by atoms with Gasteiger partial charge >= 0.3 is 0 Å². The smallest absolute Gasteiger partial charge is 0.183 e. The fourth-order valence-electron chi connectivity index (χ4n) is 1.95. The second kappa shape index (κ2) is 4.05. The van der Waals surface area contributed by atoms with Crippen LogP contribution in [0.25, 0.3) is 11.4 Å². The van der Waals surface area contributed by atoms with E-state index in [1.54, 1.807) is 0 Å². The molecule has 0 spiro atoms. The van der Waals surface area contributed by atoms with Crippen LogP contribution in [0.4, 0.5) is 5.69 Å². The number of hydrogen-bond donors (Lipinski definition) is 1. The third-order valence-electron chi connectivity index (χ3n) is 3.40. The fourth-order valence-corrected chi connectivity index (χ4v) is 2.38. The summed E-state index contributed by atoms with van der Waals surface area (Å²) < 4.78 is 2.82. The van der Waals surface area contributed by atoms with Crippen LogP contribution < -0.4 is 5.73 Å². The number of nitrogen functional groups attached to an aromatic ring is 1. The first-order chi connectivity index (χ1) is 8.57. The van der Waals surface area contributed by atoms with E-state index >= 15 is 0 Å². The molecule has 1 fully saturated rings. The number of benzene rings is 1. The molecule has 0 saturated heterocycles. The van der Waals surface area contributed by atoms with Crippen molar-refractivity contribution in [2.45, 2.75) is 26.3 Å². The van der Waals surface area contributed by atoms with E-state index in [0.717, 1.165) is 22.4 Å². The molecule has 18 heavy (non-hydrogen) atoms. The molecule has 1 aromatic carbocycles. The Balaban J connectivity index is 2.01. The third kappa shape index (κ3) is 2.12. The van der Waals surface area contributed by atoms with Gasteiger partial charge in [-0.15, -0.1) is 5.10 Å². The molecule has 0 atom stereocenters. The first-order valence-corrected chi connectivity index (χ1v) is 6.68. The van der Waals surface area contributed by atoms with Crippen molar-refractivity contribution in [2.75, 3.05) is 5.73 Å². The topological polar surface area (TPSA) is 69.6 Å². The molecule has 1 heterocycles. The van der Waals surface area contributed by atoms with Gasteiger partial charge in [-0.2, -0.15) is 0 Å². The highest BCUT2D eigenvalue weighted by Gasteiger charge is 2.38. The Bertz CT molecular complexity index is 588. The molecule has 0 amide bonds. The Morgan fingerprint density at radius 1 is 1.44 bits per heavy atom. The highest BCUT2D eigenvalue weighted by atomic mass is 79.9. The number of tetrazole rings is 1. The van der Waals surface area contributed by atoms with Gasteiger partial charge in [0.25, 0.3) is 0 Å². The van der Waals surface area contributed by atoms with Gasteiger partial charge in [-0.3, -0.25) is 0 Å². The fraction of sp³-hybridized carbons (Fsp3) is 0.417. The van der Waals surface area contributed by atoms with E-state index in [4.69, 9.17) is 5.73 Å². The van der Waals surface area contributed by atoms with Gasteiger partial charge in [0.05, 0.1) is 6.54 Å². The van der Waals surface area contributed by atoms with E-state index in [1.807, 2.05) is 22.9 Å². The molecule has 0 bridgehead atoms. The van der Waals surface area contributed by atoms with Crippen LogP contribution in [-0.2, 0) is 6.54 Å². The summed E-state index contributed by atoms with van der Waals surface area (Å²) in [6.07, 6.45) is 2.48. The first-order valence-electron chi connectivity index (χ1n) is 5.89. The number of rotatable bonds is 3. The highest BCUT2D eigenvalue weighted by Crippen LogP contribution is 2.46. The minimum Gasteiger partial charge on any atom is -0.399 e. The summed E-state index contributed by atoms with van der Waals surface area (Å²) >= 11 is 3.52. The van der Waals surface area contributed by atoms with Crippen molar-refractivity contribution < 1.29 is 0 Å². The predicted molar refractivity (Wildman–Crippen MR) is 72.7 cm³/mol. The number of nitrogens with two attached hydrogens (primary N) is 1. The lowest BCUT2D eigenvalue weighted by molar-refractivity contribution is 0.427. The molecule has 1 aliphatic rings. The number of hydrogen-bond acceptors (Lipinski definition) is 4. The lowest BCUT2D eigenvalue weighted by atomic mass is 10.1. The number of aromatic nitrogens is 4. The summed E-state index contributed by atoms with van der Waals surface area (Å²) in [5.74, 6) is 0.766. The van der Waals surface area contributed by atoms with Gasteiger partial charge in [0.2, 0.25) is 0 Å². The van der Waals surface area contributed by atoms with Crippen molar-refractivity contribution in [2.24, 2.45) is 5.41 Å². The first kappa shape index (κ1) is 11.6. The van der Waals surface area contributed by atoms with Gasteiger partial charge in [0.1, 0.15) is 0 Å². The van der Waals surface area contributed by atoms with Gasteiger partial charge in [0, 0.05) is 15.7 Å². The maximum Gasteiger partial charge on any atom is 0.183 e. The molecule has 94 valence electrons. The molecule has 0 aliphatic heterocycles. The van der Waals surface area contributed by atoms with Crippen LogP contribution in [0.1, 0.15) is 19.8 Å². The van der Waals surface area contributed by atoms with Crippen LogP contribution in [0.15, 0.2) is 22.7 Å². The van der Waals surface area contributed by atoms with Gasteiger partial charge < -0.3 is 5.73 Å². The number of halogens is 1. The maximum absolute atomic E-state index is 5.82. The van der Waals surface area contributed by atoms with E-state index in [2.05, 4.69) is 38.4 Å². The van der Waals surface area contributed by atoms with Crippen LogP contribution in [-0.4, -0.2) is 20.2 Å². The minimum absolute atomic E-state index is 0.358. The van der Waals surface area contributed by atoms with Crippen LogP contribution in [0.5, 0.6) is 0 Å². The monoisotopic (exact) mass is 307 g/mol. The standard InChI is InChI=1S/C12H14BrN5/c1-12(4-5-12)7-18-11(15-16-17-18)9-6-8(14)2-3-10(9)13/h2-3,6H,4-5,7,14H2,1H3. The van der Waals surface area contributed by atoms with Crippen molar-refractivity contribution in [1.29, 1.82) is 0 Å². The molecule has 1 aromatic heterocycles. The Morgan fingerprint density at radius 2 is 2.22 bits per heavy atom. The lowest BCUT2D eigenvalue weighted by Gasteiger charge is -2.10. The normalized spacial score (nSPS) is 16.8. The zero-order chi connectivity index (χ0) is 12.8. The molecule has 2 N–H and O–H groups in total. The Morgan fingerprint density at radius 3 is 2.94 bits per heavy atom. The van der Waals surface area contributed by atoms with Crippen LogP contribution in [0.2, 0.25) is 0 Å². The molecule has 0 radical (unpaired) electrons. The summed E-state index contributed by atoms with van der Waals surface area (Å²) in [6, 6.07) is 5.66. The van der Waals surface area contributed by atoms with Crippen LogP contribution >= 0.6 is 15.9 Å². The molecule has 5 nitrogen and oxygen atoms in total. The summed E-state index contributed by atoms with van der Waals surface area (Å²) in [4.78, 5) is 0. The summed E-state index contributed by atoms with van der Waals surface area (Å²) in [6.45, 7) is 3.11. The Kier molecular flexibility index (Phi) is 2.62. The molecular weight excluding hydrogens is 294 g/mol. The van der Waals surface area contributed by atoms with Crippen molar-refractivity contribution in [3.05, 3.63) is 22.7 Å². The highest BCUT2D eigenvalue weighted by molar-refractivity contribution is 9.10. The lowest BCUT2D eigenvalue weighted by Crippen LogP contribution is -2.11. The number of nitrogens with zero attached hydrogens (tertiary/aromatic N) is 4. The van der Waals surface area contributed by atoms with Gasteiger partial charge in [0.15, 0.2) is 5.82 Å². The average molecular weight is 308 g/mol. The van der Waals surface area contributed by atoms with Crippen molar-refractivity contribution in [3.8, 4) is 11.4 Å². The van der Waals surface area contributed by atoms with E-state index in [1.165, 1.54) is 12.8 Å². The SMILES string of the molecule is CC1(Cn2nnnc2-c2cc(N)ccc2Br)CC1. The zero-order valence-corrected chi connectivity index (χ0v) is 11.7. The van der Waals surface area contributed by atoms with Gasteiger partial charge in [-0.05, 0) is 46.9 Å². The third-order valence-corrected chi connectivity index (χ3v) is 4.09. The molecule has 6 heteroatoms. The van der Waals surface area contributed by atoms with E-state index in [0.29, 0.717) is 11.1 Å².